The van der Waals surface area contributed by atoms with Crippen LogP contribution in [0.15, 0.2) is 0 Å². The SMILES string of the molecule is CNNC(=O)C1CCC(CN(C)C(=O)C(C)SC)CC1. The van der Waals surface area contributed by atoms with E-state index >= 15 is 0 Å². The second-order valence-corrected chi connectivity index (χ2v) is 6.73. The summed E-state index contributed by atoms with van der Waals surface area (Å²) in [6.45, 7) is 2.76. The van der Waals surface area contributed by atoms with Gasteiger partial charge >= 0.3 is 0 Å². The predicted molar refractivity (Wildman–Crippen MR) is 83.3 cm³/mol. The van der Waals surface area contributed by atoms with Crippen LogP contribution in [0.5, 0.6) is 0 Å². The van der Waals surface area contributed by atoms with E-state index in [1.54, 1.807) is 18.8 Å². The molecule has 1 fully saturated rings. The Labute approximate surface area is 126 Å². The van der Waals surface area contributed by atoms with Gasteiger partial charge in [0.2, 0.25) is 11.8 Å². The first-order chi connectivity index (χ1) is 9.49. The van der Waals surface area contributed by atoms with Crippen LogP contribution in [0, 0.1) is 11.8 Å². The van der Waals surface area contributed by atoms with E-state index in [-0.39, 0.29) is 23.0 Å². The zero-order chi connectivity index (χ0) is 15.1. The Morgan fingerprint density at radius 3 is 2.40 bits per heavy atom. The second kappa shape index (κ2) is 8.52. The van der Waals surface area contributed by atoms with Crippen molar-refractivity contribution < 1.29 is 9.59 Å². The normalized spacial score (nSPS) is 24.0. The summed E-state index contributed by atoms with van der Waals surface area (Å²) in [6.07, 6.45) is 5.83. The Kier molecular flexibility index (Phi) is 7.37. The van der Waals surface area contributed by atoms with Gasteiger partial charge in [0.15, 0.2) is 0 Å². The maximum absolute atomic E-state index is 12.0. The van der Waals surface area contributed by atoms with Crippen LogP contribution in [-0.2, 0) is 9.59 Å². The Bertz CT molecular complexity index is 330. The van der Waals surface area contributed by atoms with E-state index in [1.807, 2.05) is 25.1 Å². The monoisotopic (exact) mass is 301 g/mol. The summed E-state index contributed by atoms with van der Waals surface area (Å²) in [4.78, 5) is 25.6. The molecule has 1 atom stereocenters. The van der Waals surface area contributed by atoms with Gasteiger partial charge < -0.3 is 4.90 Å². The molecule has 0 aliphatic heterocycles. The maximum atomic E-state index is 12.0. The van der Waals surface area contributed by atoms with Gasteiger partial charge in [-0.2, -0.15) is 11.8 Å². The van der Waals surface area contributed by atoms with E-state index < -0.39 is 0 Å². The lowest BCUT2D eigenvalue weighted by Crippen LogP contribution is -2.41. The minimum Gasteiger partial charge on any atom is -0.345 e. The second-order valence-electron chi connectivity index (χ2n) is 5.55. The van der Waals surface area contributed by atoms with Crippen molar-refractivity contribution in [1.29, 1.82) is 0 Å². The van der Waals surface area contributed by atoms with Crippen LogP contribution < -0.4 is 10.9 Å². The molecule has 6 heteroatoms. The van der Waals surface area contributed by atoms with Crippen molar-refractivity contribution in [3.8, 4) is 0 Å². The molecule has 1 saturated carbocycles. The molecular weight excluding hydrogens is 274 g/mol. The maximum Gasteiger partial charge on any atom is 0.237 e. The predicted octanol–water partition coefficient (Wildman–Crippen LogP) is 1.25. The van der Waals surface area contributed by atoms with Gasteiger partial charge in [0, 0.05) is 26.6 Å². The highest BCUT2D eigenvalue weighted by Gasteiger charge is 2.28. The van der Waals surface area contributed by atoms with Gasteiger partial charge in [0.1, 0.15) is 0 Å². The van der Waals surface area contributed by atoms with Gasteiger partial charge in [-0.3, -0.25) is 15.0 Å². The molecule has 1 rings (SSSR count). The van der Waals surface area contributed by atoms with Crippen molar-refractivity contribution >= 4 is 23.6 Å². The lowest BCUT2D eigenvalue weighted by molar-refractivity contribution is -0.131. The highest BCUT2D eigenvalue weighted by molar-refractivity contribution is 7.99. The van der Waals surface area contributed by atoms with Crippen LogP contribution >= 0.6 is 11.8 Å². The summed E-state index contributed by atoms with van der Waals surface area (Å²) in [7, 11) is 3.59. The molecule has 20 heavy (non-hydrogen) atoms. The summed E-state index contributed by atoms with van der Waals surface area (Å²) in [5, 5.41) is 0.0257. The molecule has 2 amide bonds. The average molecular weight is 301 g/mol. The van der Waals surface area contributed by atoms with Crippen molar-refractivity contribution in [3.05, 3.63) is 0 Å². The van der Waals surface area contributed by atoms with Crippen molar-refractivity contribution in [2.24, 2.45) is 11.8 Å². The Balaban J connectivity index is 2.35. The first kappa shape index (κ1) is 17.3. The van der Waals surface area contributed by atoms with E-state index in [1.165, 1.54) is 0 Å². The van der Waals surface area contributed by atoms with E-state index in [9.17, 15) is 9.59 Å². The topological polar surface area (TPSA) is 61.4 Å². The van der Waals surface area contributed by atoms with Crippen LogP contribution in [0.4, 0.5) is 0 Å². The fourth-order valence-corrected chi connectivity index (χ4v) is 3.10. The lowest BCUT2D eigenvalue weighted by Gasteiger charge is -2.31. The molecule has 0 aromatic heterocycles. The number of nitrogens with zero attached hydrogens (tertiary/aromatic N) is 1. The van der Waals surface area contributed by atoms with E-state index in [0.717, 1.165) is 32.2 Å². The third-order valence-electron chi connectivity index (χ3n) is 4.08. The van der Waals surface area contributed by atoms with Gasteiger partial charge in [-0.15, -0.1) is 0 Å². The summed E-state index contributed by atoms with van der Waals surface area (Å²) >= 11 is 1.58. The van der Waals surface area contributed by atoms with E-state index in [4.69, 9.17) is 0 Å². The molecular formula is C14H27N3O2S. The van der Waals surface area contributed by atoms with Crippen molar-refractivity contribution in [1.82, 2.24) is 15.8 Å². The smallest absolute Gasteiger partial charge is 0.237 e. The minimum absolute atomic E-state index is 0.0257. The average Bonchev–Trinajstić information content (AvgIpc) is 2.46. The van der Waals surface area contributed by atoms with Crippen LogP contribution in [0.1, 0.15) is 32.6 Å². The molecule has 1 aliphatic carbocycles. The number of carbonyl (C=O) groups is 2. The van der Waals surface area contributed by atoms with Gasteiger partial charge in [-0.05, 0) is 44.8 Å². The number of amides is 2. The van der Waals surface area contributed by atoms with Gasteiger partial charge in [0.25, 0.3) is 0 Å². The number of carbonyl (C=O) groups excluding carboxylic acids is 2. The quantitative estimate of drug-likeness (QED) is 0.725. The molecule has 0 aromatic rings. The highest BCUT2D eigenvalue weighted by Crippen LogP contribution is 2.29. The van der Waals surface area contributed by atoms with E-state index in [0.29, 0.717) is 5.92 Å². The standard InChI is InChI=1S/C14H27N3O2S/c1-10(20-4)14(19)17(3)9-11-5-7-12(8-6-11)13(18)16-15-2/h10-12,15H,5-9H2,1-4H3,(H,16,18). The minimum atomic E-state index is 0.0257. The zero-order valence-electron chi connectivity index (χ0n) is 12.9. The largest absolute Gasteiger partial charge is 0.345 e. The first-order valence-electron chi connectivity index (χ1n) is 7.24. The molecule has 5 nitrogen and oxygen atoms in total. The number of rotatable bonds is 6. The third kappa shape index (κ3) is 4.98. The number of thioether (sulfide) groups is 1. The molecule has 0 spiro atoms. The van der Waals surface area contributed by atoms with Gasteiger partial charge in [-0.25, -0.2) is 5.43 Å². The zero-order valence-corrected chi connectivity index (χ0v) is 13.8. The fraction of sp³-hybridized carbons (Fsp3) is 0.857. The number of hydrazine groups is 1. The Morgan fingerprint density at radius 2 is 1.90 bits per heavy atom. The summed E-state index contributed by atoms with van der Waals surface area (Å²) in [5.41, 5.74) is 5.34. The summed E-state index contributed by atoms with van der Waals surface area (Å²) in [5.74, 6) is 0.931. The molecule has 0 heterocycles. The molecule has 0 saturated heterocycles. The highest BCUT2D eigenvalue weighted by atomic mass is 32.2. The number of nitrogens with one attached hydrogen (secondary N) is 2. The molecule has 1 aliphatic rings. The summed E-state index contributed by atoms with van der Waals surface area (Å²) in [6, 6.07) is 0. The van der Waals surface area contributed by atoms with Crippen molar-refractivity contribution in [2.45, 2.75) is 37.9 Å². The Hall–Kier alpha value is -0.750. The Morgan fingerprint density at radius 1 is 1.30 bits per heavy atom. The van der Waals surface area contributed by atoms with Crippen LogP contribution in [-0.4, -0.2) is 48.9 Å². The molecule has 0 radical (unpaired) electrons. The third-order valence-corrected chi connectivity index (χ3v) is 4.98. The van der Waals surface area contributed by atoms with Gasteiger partial charge in [0.05, 0.1) is 5.25 Å². The van der Waals surface area contributed by atoms with E-state index in [2.05, 4.69) is 10.9 Å². The first-order valence-corrected chi connectivity index (χ1v) is 8.52. The molecule has 1 unspecified atom stereocenters. The van der Waals surface area contributed by atoms with Crippen LogP contribution in [0.25, 0.3) is 0 Å². The molecule has 116 valence electrons. The lowest BCUT2D eigenvalue weighted by atomic mass is 9.81. The molecule has 0 aromatic carbocycles. The molecule has 2 N–H and O–H groups in total. The molecule has 0 bridgehead atoms. The van der Waals surface area contributed by atoms with Gasteiger partial charge in [-0.1, -0.05) is 0 Å². The van der Waals surface area contributed by atoms with Crippen molar-refractivity contribution in [2.75, 3.05) is 26.9 Å². The number of hydrogen-bond acceptors (Lipinski definition) is 4. The fourth-order valence-electron chi connectivity index (χ4n) is 2.72. The summed E-state index contributed by atoms with van der Waals surface area (Å²) < 4.78 is 0. The van der Waals surface area contributed by atoms with Crippen LogP contribution in [0.3, 0.4) is 0 Å². The van der Waals surface area contributed by atoms with Crippen molar-refractivity contribution in [3.63, 3.8) is 0 Å². The number of hydrogen-bond donors (Lipinski definition) is 2. The van der Waals surface area contributed by atoms with Crippen LogP contribution in [0.2, 0.25) is 0 Å².